The van der Waals surface area contributed by atoms with Crippen LogP contribution in [-0.4, -0.2) is 46.9 Å². The lowest BCUT2D eigenvalue weighted by Gasteiger charge is -2.30. The second-order valence-corrected chi connectivity index (χ2v) is 5.95. The van der Waals surface area contributed by atoms with E-state index in [-0.39, 0.29) is 31.0 Å². The molecule has 9 heteroatoms. The largest absolute Gasteiger partial charge is 0.484 e. The summed E-state index contributed by atoms with van der Waals surface area (Å²) >= 11 is 0. The minimum absolute atomic E-state index is 0.211. The predicted octanol–water partition coefficient (Wildman–Crippen LogP) is 2.10. The minimum atomic E-state index is -1.01. The molecule has 2 aliphatic heterocycles. The van der Waals surface area contributed by atoms with Crippen molar-refractivity contribution in [1.29, 1.82) is 0 Å². The molecule has 0 spiro atoms. The van der Waals surface area contributed by atoms with Crippen molar-refractivity contribution < 1.29 is 28.2 Å². The molecule has 1 fully saturated rings. The maximum Gasteiger partial charge on any atom is 0.407 e. The summed E-state index contributed by atoms with van der Waals surface area (Å²) in [5, 5.41) is 12.7. The Labute approximate surface area is 142 Å². The van der Waals surface area contributed by atoms with Crippen LogP contribution in [-0.2, 0) is 4.79 Å². The fourth-order valence-corrected chi connectivity index (χ4v) is 2.85. The third kappa shape index (κ3) is 3.86. The highest BCUT2D eigenvalue weighted by Crippen LogP contribution is 2.28. The molecule has 0 bridgehead atoms. The van der Waals surface area contributed by atoms with Gasteiger partial charge >= 0.3 is 6.09 Å². The second kappa shape index (κ2) is 7.04. The van der Waals surface area contributed by atoms with E-state index in [2.05, 4.69) is 10.5 Å². The highest BCUT2D eigenvalue weighted by molar-refractivity contribution is 6.04. The minimum Gasteiger partial charge on any atom is -0.484 e. The van der Waals surface area contributed by atoms with Crippen LogP contribution in [0.1, 0.15) is 31.2 Å². The molecule has 2 amide bonds. The number of rotatable bonds is 3. The summed E-state index contributed by atoms with van der Waals surface area (Å²) in [4.78, 5) is 23.2. The number of carbonyl (C=O) groups is 2. The molecule has 3 rings (SSSR count). The zero-order chi connectivity index (χ0) is 18.0. The number of likely N-dealkylation sites (tertiary alicyclic amines) is 1. The first kappa shape index (κ1) is 17.1. The Bertz CT molecular complexity index is 707. The SMILES string of the molecule is O=C1CCC(c2cc(F)c(OC3CCN(C(=O)O)CC3)c(F)c2)=NN1. The smallest absolute Gasteiger partial charge is 0.407 e. The molecular weight excluding hydrogens is 336 g/mol. The van der Waals surface area contributed by atoms with Crippen LogP contribution in [0, 0.1) is 11.6 Å². The van der Waals surface area contributed by atoms with E-state index in [1.807, 2.05) is 0 Å². The maximum absolute atomic E-state index is 14.3. The van der Waals surface area contributed by atoms with E-state index < -0.39 is 29.6 Å². The van der Waals surface area contributed by atoms with E-state index in [1.54, 1.807) is 0 Å². The van der Waals surface area contributed by atoms with Crippen LogP contribution >= 0.6 is 0 Å². The van der Waals surface area contributed by atoms with Crippen molar-refractivity contribution in [2.45, 2.75) is 31.8 Å². The van der Waals surface area contributed by atoms with Gasteiger partial charge in [0.1, 0.15) is 6.10 Å². The number of carboxylic acid groups (broad SMARTS) is 1. The molecule has 134 valence electrons. The van der Waals surface area contributed by atoms with Crippen LogP contribution < -0.4 is 10.2 Å². The molecule has 1 aromatic rings. The predicted molar refractivity (Wildman–Crippen MR) is 83.5 cm³/mol. The second-order valence-electron chi connectivity index (χ2n) is 5.95. The monoisotopic (exact) mass is 353 g/mol. The summed E-state index contributed by atoms with van der Waals surface area (Å²) in [6.45, 7) is 0.523. The summed E-state index contributed by atoms with van der Waals surface area (Å²) < 4.78 is 34.0. The first-order chi connectivity index (χ1) is 11.9. The van der Waals surface area contributed by atoms with Crippen molar-refractivity contribution in [2.24, 2.45) is 5.10 Å². The van der Waals surface area contributed by atoms with Crippen molar-refractivity contribution in [1.82, 2.24) is 10.3 Å². The highest BCUT2D eigenvalue weighted by Gasteiger charge is 2.26. The quantitative estimate of drug-likeness (QED) is 0.871. The standard InChI is InChI=1S/C16H17F2N3O4/c17-11-7-9(13-1-2-14(22)20-19-13)8-12(18)15(11)25-10-3-5-21(6-4-10)16(23)24/h7-8,10H,1-6H2,(H,20,22)(H,23,24). The number of hydrogen-bond acceptors (Lipinski definition) is 4. The van der Waals surface area contributed by atoms with Crippen LogP contribution in [0.4, 0.5) is 13.6 Å². The number of benzene rings is 1. The van der Waals surface area contributed by atoms with Gasteiger partial charge in [-0.1, -0.05) is 0 Å². The molecule has 0 saturated carbocycles. The number of nitrogens with one attached hydrogen (secondary N) is 1. The Kier molecular flexibility index (Phi) is 4.82. The number of carbonyl (C=O) groups excluding carboxylic acids is 1. The number of hydrazone groups is 1. The average molecular weight is 353 g/mol. The molecule has 0 unspecified atom stereocenters. The molecule has 25 heavy (non-hydrogen) atoms. The van der Waals surface area contributed by atoms with Crippen molar-refractivity contribution >= 4 is 17.7 Å². The summed E-state index contributed by atoms with van der Waals surface area (Å²) in [5.41, 5.74) is 2.94. The van der Waals surface area contributed by atoms with Crippen molar-refractivity contribution in [3.05, 3.63) is 29.3 Å². The number of amides is 2. The van der Waals surface area contributed by atoms with E-state index in [0.717, 1.165) is 12.1 Å². The van der Waals surface area contributed by atoms with Gasteiger partial charge in [-0.05, 0) is 12.1 Å². The normalized spacial score (nSPS) is 18.6. The van der Waals surface area contributed by atoms with Gasteiger partial charge in [0, 0.05) is 44.3 Å². The first-order valence-electron chi connectivity index (χ1n) is 7.93. The molecule has 1 saturated heterocycles. The molecular formula is C16H17F2N3O4. The van der Waals surface area contributed by atoms with Gasteiger partial charge in [-0.25, -0.2) is 19.0 Å². The van der Waals surface area contributed by atoms with Gasteiger partial charge in [0.05, 0.1) is 5.71 Å². The molecule has 0 aliphatic carbocycles. The highest BCUT2D eigenvalue weighted by atomic mass is 19.1. The van der Waals surface area contributed by atoms with Crippen LogP contribution in [0.15, 0.2) is 17.2 Å². The lowest BCUT2D eigenvalue weighted by atomic mass is 10.0. The van der Waals surface area contributed by atoms with E-state index >= 15 is 0 Å². The molecule has 0 radical (unpaired) electrons. The number of halogens is 2. The molecule has 0 atom stereocenters. The van der Waals surface area contributed by atoms with Crippen molar-refractivity contribution in [3.63, 3.8) is 0 Å². The maximum atomic E-state index is 14.3. The Morgan fingerprint density at radius 3 is 2.40 bits per heavy atom. The average Bonchev–Trinajstić information content (AvgIpc) is 2.59. The Morgan fingerprint density at radius 1 is 1.24 bits per heavy atom. The Hall–Kier alpha value is -2.71. The van der Waals surface area contributed by atoms with Gasteiger partial charge < -0.3 is 14.7 Å². The fraction of sp³-hybridized carbons (Fsp3) is 0.438. The van der Waals surface area contributed by atoms with Crippen molar-refractivity contribution in [2.75, 3.05) is 13.1 Å². The summed E-state index contributed by atoms with van der Waals surface area (Å²) in [6, 6.07) is 2.25. The lowest BCUT2D eigenvalue weighted by molar-refractivity contribution is -0.121. The third-order valence-electron chi connectivity index (χ3n) is 4.23. The van der Waals surface area contributed by atoms with E-state index in [1.165, 1.54) is 4.90 Å². The van der Waals surface area contributed by atoms with Gasteiger partial charge in [-0.15, -0.1) is 0 Å². The Morgan fingerprint density at radius 2 is 1.88 bits per heavy atom. The summed E-state index contributed by atoms with van der Waals surface area (Å²) in [6.07, 6.45) is -0.212. The number of piperidine rings is 1. The van der Waals surface area contributed by atoms with E-state index in [4.69, 9.17) is 9.84 Å². The van der Waals surface area contributed by atoms with Crippen LogP contribution in [0.25, 0.3) is 0 Å². The zero-order valence-electron chi connectivity index (χ0n) is 13.3. The van der Waals surface area contributed by atoms with Gasteiger partial charge in [-0.3, -0.25) is 4.79 Å². The Balaban J connectivity index is 1.71. The van der Waals surface area contributed by atoms with Crippen LogP contribution in [0.2, 0.25) is 0 Å². The van der Waals surface area contributed by atoms with E-state index in [0.29, 0.717) is 25.0 Å². The van der Waals surface area contributed by atoms with Crippen LogP contribution in [0.3, 0.4) is 0 Å². The molecule has 1 aromatic carbocycles. The molecule has 2 aliphatic rings. The lowest BCUT2D eigenvalue weighted by Crippen LogP contribution is -2.41. The van der Waals surface area contributed by atoms with Gasteiger partial charge in [0.25, 0.3) is 0 Å². The zero-order valence-corrected chi connectivity index (χ0v) is 13.3. The molecule has 2 heterocycles. The summed E-state index contributed by atoms with van der Waals surface area (Å²) in [7, 11) is 0. The number of nitrogens with zero attached hydrogens (tertiary/aromatic N) is 2. The number of ether oxygens (including phenoxy) is 1. The van der Waals surface area contributed by atoms with Gasteiger partial charge in [-0.2, -0.15) is 5.10 Å². The molecule has 2 N–H and O–H groups in total. The van der Waals surface area contributed by atoms with Crippen molar-refractivity contribution in [3.8, 4) is 5.75 Å². The van der Waals surface area contributed by atoms with Crippen LogP contribution in [0.5, 0.6) is 5.75 Å². The topological polar surface area (TPSA) is 91.2 Å². The van der Waals surface area contributed by atoms with Gasteiger partial charge in [0.15, 0.2) is 17.4 Å². The molecule has 0 aromatic heterocycles. The van der Waals surface area contributed by atoms with Gasteiger partial charge in [0.2, 0.25) is 5.91 Å². The summed E-state index contributed by atoms with van der Waals surface area (Å²) in [5.74, 6) is -2.42. The fourth-order valence-electron chi connectivity index (χ4n) is 2.85. The first-order valence-corrected chi connectivity index (χ1v) is 7.93. The van der Waals surface area contributed by atoms with E-state index in [9.17, 15) is 18.4 Å². The number of hydrogen-bond donors (Lipinski definition) is 2. The third-order valence-corrected chi connectivity index (χ3v) is 4.23. The molecule has 7 nitrogen and oxygen atoms in total.